The monoisotopic (exact) mass is 383 g/mol. The lowest BCUT2D eigenvalue weighted by atomic mass is 10.1. The Hall–Kier alpha value is -3.09. The summed E-state index contributed by atoms with van der Waals surface area (Å²) in [4.78, 5) is 31.1. The zero-order chi connectivity index (χ0) is 19.9. The first-order valence-corrected chi connectivity index (χ1v) is 9.37. The molecule has 0 spiro atoms. The molecule has 0 bridgehead atoms. The van der Waals surface area contributed by atoms with Gasteiger partial charge in [0.25, 0.3) is 11.8 Å². The van der Waals surface area contributed by atoms with E-state index in [1.807, 2.05) is 17.0 Å². The van der Waals surface area contributed by atoms with Crippen LogP contribution in [0.3, 0.4) is 0 Å². The summed E-state index contributed by atoms with van der Waals surface area (Å²) in [6, 6.07) is 8.66. The van der Waals surface area contributed by atoms with Gasteiger partial charge in [-0.1, -0.05) is 6.07 Å². The SMILES string of the molecule is COc1ccc(CNC(=O)c2cc(C(=O)N3CCCCC3)ccn2)cc1OC. The fourth-order valence-corrected chi connectivity index (χ4v) is 3.23. The summed E-state index contributed by atoms with van der Waals surface area (Å²) in [5.41, 5.74) is 1.59. The van der Waals surface area contributed by atoms with E-state index in [1.54, 1.807) is 32.4 Å². The van der Waals surface area contributed by atoms with Gasteiger partial charge < -0.3 is 19.7 Å². The molecule has 2 amide bonds. The van der Waals surface area contributed by atoms with Crippen molar-refractivity contribution in [2.24, 2.45) is 0 Å². The highest BCUT2D eigenvalue weighted by molar-refractivity contribution is 5.98. The summed E-state index contributed by atoms with van der Waals surface area (Å²) in [6.07, 6.45) is 4.71. The van der Waals surface area contributed by atoms with Gasteiger partial charge in [0.1, 0.15) is 5.69 Å². The number of ether oxygens (including phenoxy) is 2. The fraction of sp³-hybridized carbons (Fsp3) is 0.381. The zero-order valence-electron chi connectivity index (χ0n) is 16.2. The molecule has 0 aliphatic carbocycles. The predicted molar refractivity (Wildman–Crippen MR) is 105 cm³/mol. The number of amides is 2. The minimum atomic E-state index is -0.330. The lowest BCUT2D eigenvalue weighted by Gasteiger charge is -2.26. The van der Waals surface area contributed by atoms with Crippen LogP contribution in [0.1, 0.15) is 45.7 Å². The van der Waals surface area contributed by atoms with Crippen molar-refractivity contribution in [3.8, 4) is 11.5 Å². The Morgan fingerprint density at radius 2 is 1.79 bits per heavy atom. The normalized spacial score (nSPS) is 13.7. The summed E-state index contributed by atoms with van der Waals surface area (Å²) >= 11 is 0. The molecule has 1 aromatic carbocycles. The van der Waals surface area contributed by atoms with Gasteiger partial charge in [0.05, 0.1) is 14.2 Å². The third kappa shape index (κ3) is 4.60. The van der Waals surface area contributed by atoms with Crippen molar-refractivity contribution in [1.82, 2.24) is 15.2 Å². The average Bonchev–Trinajstić information content (AvgIpc) is 2.77. The van der Waals surface area contributed by atoms with Gasteiger partial charge >= 0.3 is 0 Å². The lowest BCUT2D eigenvalue weighted by Crippen LogP contribution is -2.35. The van der Waals surface area contributed by atoms with Crippen LogP contribution in [0.2, 0.25) is 0 Å². The van der Waals surface area contributed by atoms with E-state index >= 15 is 0 Å². The molecule has 0 unspecified atom stereocenters. The number of piperidine rings is 1. The Morgan fingerprint density at radius 1 is 1.04 bits per heavy atom. The smallest absolute Gasteiger partial charge is 0.270 e. The first-order valence-electron chi connectivity index (χ1n) is 9.37. The van der Waals surface area contributed by atoms with E-state index < -0.39 is 0 Å². The molecule has 0 atom stereocenters. The molecule has 148 valence electrons. The first kappa shape index (κ1) is 19.7. The van der Waals surface area contributed by atoms with Crippen LogP contribution in [-0.4, -0.2) is 49.0 Å². The maximum atomic E-state index is 12.6. The molecule has 3 rings (SSSR count). The van der Waals surface area contributed by atoms with Crippen LogP contribution in [0.4, 0.5) is 0 Å². The maximum absolute atomic E-state index is 12.6. The highest BCUT2D eigenvalue weighted by atomic mass is 16.5. The number of carbonyl (C=O) groups is 2. The van der Waals surface area contributed by atoms with Gasteiger partial charge in [0, 0.05) is 31.4 Å². The van der Waals surface area contributed by atoms with Crippen molar-refractivity contribution < 1.29 is 19.1 Å². The van der Waals surface area contributed by atoms with Gasteiger partial charge in [0.2, 0.25) is 0 Å². The molecule has 1 fully saturated rings. The van der Waals surface area contributed by atoms with Crippen LogP contribution < -0.4 is 14.8 Å². The fourth-order valence-electron chi connectivity index (χ4n) is 3.23. The van der Waals surface area contributed by atoms with Crippen LogP contribution in [0, 0.1) is 0 Å². The number of hydrogen-bond donors (Lipinski definition) is 1. The van der Waals surface area contributed by atoms with Gasteiger partial charge in [-0.15, -0.1) is 0 Å². The molecule has 1 N–H and O–H groups in total. The Balaban J connectivity index is 1.65. The number of benzene rings is 1. The second-order valence-corrected chi connectivity index (χ2v) is 6.65. The molecule has 7 nitrogen and oxygen atoms in total. The van der Waals surface area contributed by atoms with E-state index in [-0.39, 0.29) is 17.5 Å². The Morgan fingerprint density at radius 3 is 2.50 bits per heavy atom. The molecule has 0 radical (unpaired) electrons. The molecule has 1 aliphatic heterocycles. The Bertz CT molecular complexity index is 847. The van der Waals surface area contributed by atoms with E-state index in [0.717, 1.165) is 37.9 Å². The predicted octanol–water partition coefficient (Wildman–Crippen LogP) is 2.65. The van der Waals surface area contributed by atoms with Crippen molar-refractivity contribution in [2.45, 2.75) is 25.8 Å². The zero-order valence-corrected chi connectivity index (χ0v) is 16.2. The quantitative estimate of drug-likeness (QED) is 0.829. The minimum absolute atomic E-state index is 0.0453. The van der Waals surface area contributed by atoms with Crippen LogP contribution in [0.5, 0.6) is 11.5 Å². The van der Waals surface area contributed by atoms with Crippen molar-refractivity contribution in [3.05, 3.63) is 53.3 Å². The molecule has 1 aromatic heterocycles. The second kappa shape index (κ2) is 9.21. The summed E-state index contributed by atoms with van der Waals surface area (Å²) < 4.78 is 10.5. The van der Waals surface area contributed by atoms with Crippen LogP contribution in [0.15, 0.2) is 36.5 Å². The van der Waals surface area contributed by atoms with Gasteiger partial charge in [-0.25, -0.2) is 0 Å². The minimum Gasteiger partial charge on any atom is -0.493 e. The molecule has 7 heteroatoms. The summed E-state index contributed by atoms with van der Waals surface area (Å²) in [7, 11) is 3.14. The molecule has 2 heterocycles. The number of hydrogen-bond acceptors (Lipinski definition) is 5. The Kier molecular flexibility index (Phi) is 6.47. The molecule has 28 heavy (non-hydrogen) atoms. The van der Waals surface area contributed by atoms with Gasteiger partial charge in [-0.05, 0) is 49.1 Å². The van der Waals surface area contributed by atoms with Crippen molar-refractivity contribution in [2.75, 3.05) is 27.3 Å². The third-order valence-electron chi connectivity index (χ3n) is 4.78. The highest BCUT2D eigenvalue weighted by Gasteiger charge is 2.19. The average molecular weight is 383 g/mol. The summed E-state index contributed by atoms with van der Waals surface area (Å²) in [6.45, 7) is 1.84. The van der Waals surface area contributed by atoms with Gasteiger partial charge in [0.15, 0.2) is 11.5 Å². The van der Waals surface area contributed by atoms with E-state index in [2.05, 4.69) is 10.3 Å². The molecule has 1 aliphatic rings. The number of aromatic nitrogens is 1. The first-order chi connectivity index (χ1) is 13.6. The topological polar surface area (TPSA) is 80.8 Å². The number of rotatable bonds is 6. The standard InChI is InChI=1S/C21H25N3O4/c1-27-18-7-6-15(12-19(18)28-2)14-23-20(25)17-13-16(8-9-22-17)21(26)24-10-4-3-5-11-24/h6-9,12-13H,3-5,10-11,14H2,1-2H3,(H,23,25). The summed E-state index contributed by atoms with van der Waals surface area (Å²) in [5, 5.41) is 2.83. The number of methoxy groups -OCH3 is 2. The molecular weight excluding hydrogens is 358 g/mol. The number of pyridine rings is 1. The molecule has 1 saturated heterocycles. The molecule has 0 saturated carbocycles. The van der Waals surface area contributed by atoms with Crippen molar-refractivity contribution in [1.29, 1.82) is 0 Å². The van der Waals surface area contributed by atoms with E-state index in [1.165, 1.54) is 6.20 Å². The third-order valence-corrected chi connectivity index (χ3v) is 4.78. The Labute approximate surface area is 164 Å². The van der Waals surface area contributed by atoms with E-state index in [4.69, 9.17) is 9.47 Å². The summed E-state index contributed by atoms with van der Waals surface area (Å²) in [5.74, 6) is 0.851. The maximum Gasteiger partial charge on any atom is 0.270 e. The van der Waals surface area contributed by atoms with Crippen LogP contribution >= 0.6 is 0 Å². The van der Waals surface area contributed by atoms with E-state index in [0.29, 0.717) is 23.6 Å². The number of carbonyl (C=O) groups excluding carboxylic acids is 2. The van der Waals surface area contributed by atoms with Gasteiger partial charge in [-0.3, -0.25) is 14.6 Å². The largest absolute Gasteiger partial charge is 0.493 e. The number of nitrogens with one attached hydrogen (secondary N) is 1. The van der Waals surface area contributed by atoms with Crippen LogP contribution in [-0.2, 0) is 6.54 Å². The number of nitrogens with zero attached hydrogens (tertiary/aromatic N) is 2. The van der Waals surface area contributed by atoms with E-state index in [9.17, 15) is 9.59 Å². The van der Waals surface area contributed by atoms with Gasteiger partial charge in [-0.2, -0.15) is 0 Å². The molecular formula is C21H25N3O4. The highest BCUT2D eigenvalue weighted by Crippen LogP contribution is 2.27. The number of likely N-dealkylation sites (tertiary alicyclic amines) is 1. The van der Waals surface area contributed by atoms with Crippen molar-refractivity contribution in [3.63, 3.8) is 0 Å². The second-order valence-electron chi connectivity index (χ2n) is 6.65. The molecule has 2 aromatic rings. The van der Waals surface area contributed by atoms with Crippen LogP contribution in [0.25, 0.3) is 0 Å². The lowest BCUT2D eigenvalue weighted by molar-refractivity contribution is 0.0724. The van der Waals surface area contributed by atoms with Crippen molar-refractivity contribution >= 4 is 11.8 Å².